The van der Waals surface area contributed by atoms with E-state index in [4.69, 9.17) is 0 Å². The number of anilines is 1. The second kappa shape index (κ2) is 7.01. The predicted octanol–water partition coefficient (Wildman–Crippen LogP) is 0.788. The average molecular weight is 389 g/mol. The first-order valence-electron chi connectivity index (χ1n) is 9.47. The first-order valence-corrected chi connectivity index (χ1v) is 9.47. The zero-order valence-electron chi connectivity index (χ0n) is 15.7. The smallest absolute Gasteiger partial charge is 0.297 e. The average Bonchev–Trinajstić information content (AvgIpc) is 3.28. The molecule has 0 N–H and O–H groups in total. The molecule has 0 bridgehead atoms. The van der Waals surface area contributed by atoms with Gasteiger partial charge in [0.25, 0.3) is 5.56 Å². The van der Waals surface area contributed by atoms with Crippen LogP contribution >= 0.6 is 0 Å². The Kier molecular flexibility index (Phi) is 4.19. The SMILES string of the molecule is O=C(Cn1c(=O)c2nncn2c2ncccc21)N1CCN(c2ccccc2)CC1. The van der Waals surface area contributed by atoms with E-state index in [2.05, 4.69) is 32.2 Å². The highest BCUT2D eigenvalue weighted by atomic mass is 16.2. The van der Waals surface area contributed by atoms with Gasteiger partial charge in [-0.2, -0.15) is 0 Å². The van der Waals surface area contributed by atoms with Crippen LogP contribution in [0.1, 0.15) is 0 Å². The highest BCUT2D eigenvalue weighted by Crippen LogP contribution is 2.16. The Morgan fingerprint density at radius 3 is 2.55 bits per heavy atom. The summed E-state index contributed by atoms with van der Waals surface area (Å²) in [5.41, 5.74) is 2.11. The van der Waals surface area contributed by atoms with Crippen LogP contribution in [0.4, 0.5) is 5.69 Å². The van der Waals surface area contributed by atoms with E-state index in [1.54, 1.807) is 22.7 Å². The van der Waals surface area contributed by atoms with Crippen LogP contribution in [-0.2, 0) is 11.3 Å². The lowest BCUT2D eigenvalue weighted by atomic mass is 10.2. The number of fused-ring (bicyclic) bond motifs is 3. The molecule has 0 saturated carbocycles. The number of benzene rings is 1. The number of hydrogen-bond donors (Lipinski definition) is 0. The fourth-order valence-corrected chi connectivity index (χ4v) is 3.80. The summed E-state index contributed by atoms with van der Waals surface area (Å²) in [5.74, 6) is -0.0890. The van der Waals surface area contributed by atoms with Crippen LogP contribution < -0.4 is 10.5 Å². The maximum Gasteiger partial charge on any atom is 0.297 e. The van der Waals surface area contributed by atoms with Crippen LogP contribution in [0.15, 0.2) is 59.8 Å². The second-order valence-electron chi connectivity index (χ2n) is 6.97. The molecule has 1 aliphatic heterocycles. The largest absolute Gasteiger partial charge is 0.368 e. The molecule has 0 aliphatic carbocycles. The summed E-state index contributed by atoms with van der Waals surface area (Å²) in [6.45, 7) is 2.71. The lowest BCUT2D eigenvalue weighted by Crippen LogP contribution is -2.50. The molecule has 0 unspecified atom stereocenters. The van der Waals surface area contributed by atoms with Gasteiger partial charge in [0.05, 0.1) is 5.52 Å². The van der Waals surface area contributed by atoms with Crippen molar-refractivity contribution in [1.29, 1.82) is 0 Å². The standard InChI is InChI=1S/C20H19N7O2/c28-17(25-11-9-24(10-12-25)15-5-2-1-3-6-15)13-26-16-7-4-8-21-18(16)27-14-22-23-19(27)20(26)29/h1-8,14H,9-13H2. The molecule has 4 aromatic rings. The number of piperazine rings is 1. The van der Waals surface area contributed by atoms with E-state index in [0.717, 1.165) is 18.8 Å². The Bertz CT molecular complexity index is 1240. The van der Waals surface area contributed by atoms with Crippen LogP contribution in [0, 0.1) is 0 Å². The highest BCUT2D eigenvalue weighted by Gasteiger charge is 2.23. The summed E-state index contributed by atoms with van der Waals surface area (Å²) in [6.07, 6.45) is 3.10. The minimum absolute atomic E-state index is 0.0459. The summed E-state index contributed by atoms with van der Waals surface area (Å²) >= 11 is 0. The first kappa shape index (κ1) is 17.4. The van der Waals surface area contributed by atoms with Crippen molar-refractivity contribution in [2.24, 2.45) is 0 Å². The highest BCUT2D eigenvalue weighted by molar-refractivity contribution is 5.80. The third-order valence-electron chi connectivity index (χ3n) is 5.32. The number of para-hydroxylation sites is 1. The van der Waals surface area contributed by atoms with Crippen LogP contribution in [0.2, 0.25) is 0 Å². The molecule has 1 amide bonds. The molecule has 0 radical (unpaired) electrons. The Labute approximate surface area is 165 Å². The monoisotopic (exact) mass is 389 g/mol. The van der Waals surface area contributed by atoms with E-state index >= 15 is 0 Å². The Balaban J connectivity index is 1.39. The first-order chi connectivity index (χ1) is 14.2. The summed E-state index contributed by atoms with van der Waals surface area (Å²) in [6, 6.07) is 13.7. The number of aromatic nitrogens is 5. The van der Waals surface area contributed by atoms with Gasteiger partial charge in [-0.3, -0.25) is 18.6 Å². The van der Waals surface area contributed by atoms with Crippen LogP contribution in [-0.4, -0.2) is 61.1 Å². The third kappa shape index (κ3) is 3.00. The number of amides is 1. The number of nitrogens with zero attached hydrogens (tertiary/aromatic N) is 7. The number of hydrogen-bond acceptors (Lipinski definition) is 6. The van der Waals surface area contributed by atoms with E-state index in [9.17, 15) is 9.59 Å². The normalized spacial score (nSPS) is 14.6. The Hall–Kier alpha value is -3.75. The van der Waals surface area contributed by atoms with Crippen molar-refractivity contribution in [2.45, 2.75) is 6.54 Å². The number of pyridine rings is 1. The number of carbonyl (C=O) groups is 1. The fourth-order valence-electron chi connectivity index (χ4n) is 3.80. The molecule has 0 atom stereocenters. The summed E-state index contributed by atoms with van der Waals surface area (Å²) in [7, 11) is 0. The van der Waals surface area contributed by atoms with Gasteiger partial charge in [-0.1, -0.05) is 18.2 Å². The van der Waals surface area contributed by atoms with Gasteiger partial charge in [0, 0.05) is 38.1 Å². The van der Waals surface area contributed by atoms with Crippen molar-refractivity contribution in [2.75, 3.05) is 31.1 Å². The van der Waals surface area contributed by atoms with Gasteiger partial charge in [-0.25, -0.2) is 4.98 Å². The van der Waals surface area contributed by atoms with Crippen LogP contribution in [0.5, 0.6) is 0 Å². The third-order valence-corrected chi connectivity index (χ3v) is 5.32. The molecule has 29 heavy (non-hydrogen) atoms. The van der Waals surface area contributed by atoms with Gasteiger partial charge in [0.1, 0.15) is 12.9 Å². The van der Waals surface area contributed by atoms with Gasteiger partial charge in [0.15, 0.2) is 5.65 Å². The van der Waals surface area contributed by atoms with Gasteiger partial charge in [-0.05, 0) is 24.3 Å². The zero-order valence-corrected chi connectivity index (χ0v) is 15.7. The fraction of sp³-hybridized carbons (Fsp3) is 0.250. The van der Waals surface area contributed by atoms with Gasteiger partial charge < -0.3 is 9.80 Å². The van der Waals surface area contributed by atoms with E-state index in [0.29, 0.717) is 24.3 Å². The molecule has 0 spiro atoms. The summed E-state index contributed by atoms with van der Waals surface area (Å²) in [5, 5.41) is 7.72. The summed E-state index contributed by atoms with van der Waals surface area (Å²) < 4.78 is 3.00. The molecular formula is C20H19N7O2. The molecule has 3 aromatic heterocycles. The van der Waals surface area contributed by atoms with E-state index in [1.807, 2.05) is 23.1 Å². The number of rotatable bonds is 3. The van der Waals surface area contributed by atoms with Gasteiger partial charge in [-0.15, -0.1) is 10.2 Å². The van der Waals surface area contributed by atoms with E-state index in [-0.39, 0.29) is 23.7 Å². The van der Waals surface area contributed by atoms with Crippen molar-refractivity contribution >= 4 is 28.4 Å². The van der Waals surface area contributed by atoms with Crippen molar-refractivity contribution in [3.63, 3.8) is 0 Å². The Morgan fingerprint density at radius 1 is 0.966 bits per heavy atom. The van der Waals surface area contributed by atoms with Gasteiger partial charge in [0.2, 0.25) is 11.6 Å². The number of carbonyl (C=O) groups excluding carboxylic acids is 1. The maximum atomic E-state index is 13.0. The lowest BCUT2D eigenvalue weighted by Gasteiger charge is -2.36. The molecule has 9 nitrogen and oxygen atoms in total. The molecule has 9 heteroatoms. The maximum absolute atomic E-state index is 13.0. The van der Waals surface area contributed by atoms with Crippen molar-refractivity contribution in [1.82, 2.24) is 29.0 Å². The van der Waals surface area contributed by atoms with Crippen molar-refractivity contribution in [3.8, 4) is 0 Å². The molecule has 1 saturated heterocycles. The van der Waals surface area contributed by atoms with Crippen molar-refractivity contribution in [3.05, 3.63) is 65.3 Å². The zero-order chi connectivity index (χ0) is 19.8. The second-order valence-corrected chi connectivity index (χ2v) is 6.97. The Morgan fingerprint density at radius 2 is 1.76 bits per heavy atom. The lowest BCUT2D eigenvalue weighted by molar-refractivity contribution is -0.132. The minimum Gasteiger partial charge on any atom is -0.368 e. The quantitative estimate of drug-likeness (QED) is 0.515. The predicted molar refractivity (Wildman–Crippen MR) is 108 cm³/mol. The van der Waals surface area contributed by atoms with Crippen LogP contribution in [0.25, 0.3) is 16.8 Å². The summed E-state index contributed by atoms with van der Waals surface area (Å²) in [4.78, 5) is 34.3. The molecule has 4 heterocycles. The van der Waals surface area contributed by atoms with Gasteiger partial charge >= 0.3 is 0 Å². The van der Waals surface area contributed by atoms with E-state index in [1.165, 1.54) is 10.9 Å². The molecular weight excluding hydrogens is 370 g/mol. The minimum atomic E-state index is -0.348. The van der Waals surface area contributed by atoms with Crippen LogP contribution in [0.3, 0.4) is 0 Å². The molecule has 1 fully saturated rings. The van der Waals surface area contributed by atoms with Crippen molar-refractivity contribution < 1.29 is 4.79 Å². The van der Waals surface area contributed by atoms with E-state index < -0.39 is 0 Å². The molecule has 1 aromatic carbocycles. The molecule has 1 aliphatic rings. The molecule has 5 rings (SSSR count). The topological polar surface area (TPSA) is 88.6 Å². The molecule has 146 valence electrons.